The Morgan fingerprint density at radius 2 is 2.44 bits per heavy atom. The highest BCUT2D eigenvalue weighted by atomic mass is 35.5. The fourth-order valence-electron chi connectivity index (χ4n) is 1.89. The van der Waals surface area contributed by atoms with E-state index in [4.69, 9.17) is 16.3 Å². The fourth-order valence-corrected chi connectivity index (χ4v) is 2.02. The maximum absolute atomic E-state index is 11.0. The standard InChI is InChI=1S/C10H13ClN4O3/c1-7-6-14(3-2-4-18-7)9-8(15(16)17)5-12-10(11)13-9/h5,7H,2-4,6H2,1H3. The third-order valence-electron chi connectivity index (χ3n) is 2.67. The van der Waals surface area contributed by atoms with Gasteiger partial charge in [-0.15, -0.1) is 0 Å². The third kappa shape index (κ3) is 2.85. The summed E-state index contributed by atoms with van der Waals surface area (Å²) in [6.07, 6.45) is 1.94. The topological polar surface area (TPSA) is 81.4 Å². The molecule has 8 heteroatoms. The van der Waals surface area contributed by atoms with Crippen LogP contribution in [0.2, 0.25) is 5.28 Å². The zero-order valence-electron chi connectivity index (χ0n) is 9.87. The maximum Gasteiger partial charge on any atom is 0.329 e. The van der Waals surface area contributed by atoms with Gasteiger partial charge in [-0.25, -0.2) is 4.98 Å². The van der Waals surface area contributed by atoms with Gasteiger partial charge in [0.25, 0.3) is 0 Å². The molecule has 0 aliphatic carbocycles. The largest absolute Gasteiger partial charge is 0.377 e. The Kier molecular flexibility index (Phi) is 3.93. The summed E-state index contributed by atoms with van der Waals surface area (Å²) < 4.78 is 5.50. The van der Waals surface area contributed by atoms with Crippen molar-refractivity contribution in [2.45, 2.75) is 19.4 Å². The highest BCUT2D eigenvalue weighted by Crippen LogP contribution is 2.27. The number of nitrogens with zero attached hydrogens (tertiary/aromatic N) is 4. The van der Waals surface area contributed by atoms with Gasteiger partial charge in [-0.1, -0.05) is 0 Å². The lowest BCUT2D eigenvalue weighted by atomic mass is 10.3. The lowest BCUT2D eigenvalue weighted by Gasteiger charge is -2.22. The predicted molar refractivity (Wildman–Crippen MR) is 65.9 cm³/mol. The molecule has 0 aromatic carbocycles. The lowest BCUT2D eigenvalue weighted by molar-refractivity contribution is -0.384. The molecule has 1 aromatic heterocycles. The van der Waals surface area contributed by atoms with Crippen LogP contribution >= 0.6 is 11.6 Å². The Labute approximate surface area is 109 Å². The number of hydrogen-bond donors (Lipinski definition) is 0. The Morgan fingerprint density at radius 1 is 1.67 bits per heavy atom. The number of nitro groups is 1. The van der Waals surface area contributed by atoms with E-state index in [0.717, 1.165) is 12.6 Å². The molecule has 0 bridgehead atoms. The smallest absolute Gasteiger partial charge is 0.329 e. The number of rotatable bonds is 2. The molecule has 0 N–H and O–H groups in total. The summed E-state index contributed by atoms with van der Waals surface area (Å²) in [4.78, 5) is 19.9. The Morgan fingerprint density at radius 3 is 3.17 bits per heavy atom. The molecule has 0 saturated carbocycles. The summed E-state index contributed by atoms with van der Waals surface area (Å²) in [7, 11) is 0. The summed E-state index contributed by atoms with van der Waals surface area (Å²) in [6.45, 7) is 3.77. The number of aromatic nitrogens is 2. The van der Waals surface area contributed by atoms with Gasteiger partial charge in [-0.3, -0.25) is 10.1 Å². The van der Waals surface area contributed by atoms with Gasteiger partial charge in [0.15, 0.2) is 0 Å². The molecule has 1 unspecified atom stereocenters. The van der Waals surface area contributed by atoms with Crippen LogP contribution in [0.4, 0.5) is 11.5 Å². The van der Waals surface area contributed by atoms with E-state index >= 15 is 0 Å². The van der Waals surface area contributed by atoms with E-state index in [-0.39, 0.29) is 22.9 Å². The van der Waals surface area contributed by atoms with E-state index in [2.05, 4.69) is 9.97 Å². The first-order valence-corrected chi connectivity index (χ1v) is 5.99. The van der Waals surface area contributed by atoms with Gasteiger partial charge in [0.2, 0.25) is 11.1 Å². The van der Waals surface area contributed by atoms with Crippen molar-refractivity contribution < 1.29 is 9.66 Å². The molecule has 1 aliphatic heterocycles. The molecule has 2 rings (SSSR count). The maximum atomic E-state index is 11.0. The van der Waals surface area contributed by atoms with Gasteiger partial charge in [-0.2, -0.15) is 4.98 Å². The highest BCUT2D eigenvalue weighted by molar-refractivity contribution is 6.28. The van der Waals surface area contributed by atoms with Gasteiger partial charge < -0.3 is 9.64 Å². The van der Waals surface area contributed by atoms with Crippen LogP contribution in [0.25, 0.3) is 0 Å². The number of ether oxygens (including phenoxy) is 1. The molecule has 0 radical (unpaired) electrons. The van der Waals surface area contributed by atoms with E-state index in [0.29, 0.717) is 19.7 Å². The molecule has 0 amide bonds. The van der Waals surface area contributed by atoms with Crippen molar-refractivity contribution in [3.8, 4) is 0 Å². The van der Waals surface area contributed by atoms with Gasteiger partial charge in [0.05, 0.1) is 11.0 Å². The predicted octanol–water partition coefficient (Wildman–Crippen LogP) is 1.65. The molecule has 7 nitrogen and oxygen atoms in total. The fraction of sp³-hybridized carbons (Fsp3) is 0.600. The molecule has 1 saturated heterocycles. The second-order valence-electron chi connectivity index (χ2n) is 4.09. The van der Waals surface area contributed by atoms with Crippen LogP contribution < -0.4 is 4.90 Å². The van der Waals surface area contributed by atoms with Gasteiger partial charge in [0, 0.05) is 19.7 Å². The van der Waals surface area contributed by atoms with E-state index in [1.807, 2.05) is 11.8 Å². The quantitative estimate of drug-likeness (QED) is 0.463. The molecule has 0 spiro atoms. The van der Waals surface area contributed by atoms with Crippen molar-refractivity contribution in [3.05, 3.63) is 21.6 Å². The zero-order chi connectivity index (χ0) is 13.1. The Balaban J connectivity index is 2.35. The number of anilines is 1. The van der Waals surface area contributed by atoms with Gasteiger partial charge in [0.1, 0.15) is 6.20 Å². The van der Waals surface area contributed by atoms with Crippen LogP contribution in [-0.2, 0) is 4.74 Å². The van der Waals surface area contributed by atoms with Crippen LogP contribution in [-0.4, -0.2) is 40.7 Å². The normalized spacial score (nSPS) is 20.6. The zero-order valence-corrected chi connectivity index (χ0v) is 10.6. The molecule has 18 heavy (non-hydrogen) atoms. The van der Waals surface area contributed by atoms with E-state index in [9.17, 15) is 10.1 Å². The van der Waals surface area contributed by atoms with Crippen molar-refractivity contribution in [1.29, 1.82) is 0 Å². The highest BCUT2D eigenvalue weighted by Gasteiger charge is 2.25. The summed E-state index contributed by atoms with van der Waals surface area (Å²) in [5.74, 6) is 0.261. The van der Waals surface area contributed by atoms with Crippen LogP contribution in [0.3, 0.4) is 0 Å². The van der Waals surface area contributed by atoms with E-state index in [1.54, 1.807) is 0 Å². The Hall–Kier alpha value is -1.47. The van der Waals surface area contributed by atoms with Crippen molar-refractivity contribution in [3.63, 3.8) is 0 Å². The van der Waals surface area contributed by atoms with Crippen molar-refractivity contribution in [2.24, 2.45) is 0 Å². The minimum Gasteiger partial charge on any atom is -0.377 e. The van der Waals surface area contributed by atoms with Crippen molar-refractivity contribution in [2.75, 3.05) is 24.6 Å². The third-order valence-corrected chi connectivity index (χ3v) is 2.85. The van der Waals surface area contributed by atoms with Crippen molar-refractivity contribution >= 4 is 23.1 Å². The molecule has 1 aliphatic rings. The van der Waals surface area contributed by atoms with Crippen LogP contribution in [0.5, 0.6) is 0 Å². The number of halogens is 1. The molecular formula is C10H13ClN4O3. The minimum atomic E-state index is -0.498. The number of hydrogen-bond acceptors (Lipinski definition) is 6. The summed E-state index contributed by atoms with van der Waals surface area (Å²) >= 11 is 5.72. The van der Waals surface area contributed by atoms with Crippen LogP contribution in [0, 0.1) is 10.1 Å². The molecule has 2 heterocycles. The monoisotopic (exact) mass is 272 g/mol. The van der Waals surface area contributed by atoms with Gasteiger partial charge in [-0.05, 0) is 24.9 Å². The summed E-state index contributed by atoms with van der Waals surface area (Å²) in [5.41, 5.74) is -0.131. The molecule has 1 fully saturated rings. The van der Waals surface area contributed by atoms with Crippen LogP contribution in [0.1, 0.15) is 13.3 Å². The minimum absolute atomic E-state index is 0.000782. The van der Waals surface area contributed by atoms with E-state index < -0.39 is 4.92 Å². The summed E-state index contributed by atoms with van der Waals surface area (Å²) in [5, 5.41) is 11.0. The second-order valence-corrected chi connectivity index (χ2v) is 4.42. The first-order valence-electron chi connectivity index (χ1n) is 5.61. The van der Waals surface area contributed by atoms with Crippen LogP contribution in [0.15, 0.2) is 6.20 Å². The Bertz CT molecular complexity index is 457. The van der Waals surface area contributed by atoms with E-state index in [1.165, 1.54) is 0 Å². The lowest BCUT2D eigenvalue weighted by Crippen LogP contribution is -2.31. The first-order chi connectivity index (χ1) is 8.58. The molecule has 1 aromatic rings. The van der Waals surface area contributed by atoms with Gasteiger partial charge >= 0.3 is 5.69 Å². The molecule has 98 valence electrons. The molecule has 1 atom stereocenters. The second kappa shape index (κ2) is 5.45. The molecular weight excluding hydrogens is 260 g/mol. The average molecular weight is 273 g/mol. The van der Waals surface area contributed by atoms with Crippen molar-refractivity contribution in [1.82, 2.24) is 9.97 Å². The SMILES string of the molecule is CC1CN(c2nc(Cl)ncc2[N+](=O)[O-])CCCO1. The summed E-state index contributed by atoms with van der Waals surface area (Å²) in [6, 6.07) is 0. The average Bonchev–Trinajstić information content (AvgIpc) is 2.53. The first kappa shape index (κ1) is 13.0.